The molecule has 2 amide bonds. The van der Waals surface area contributed by atoms with Crippen molar-refractivity contribution < 1.29 is 19.1 Å². The van der Waals surface area contributed by atoms with Crippen LogP contribution in [0.2, 0.25) is 0 Å². The summed E-state index contributed by atoms with van der Waals surface area (Å²) in [6.07, 6.45) is 12.6. The van der Waals surface area contributed by atoms with Gasteiger partial charge in [-0.05, 0) is 74.5 Å². The zero-order valence-corrected chi connectivity index (χ0v) is 17.4. The van der Waals surface area contributed by atoms with Gasteiger partial charge in [0.05, 0.1) is 5.92 Å². The minimum atomic E-state index is -0.418. The van der Waals surface area contributed by atoms with Gasteiger partial charge in [0.15, 0.2) is 6.61 Å². The number of likely N-dealkylation sites (tertiary alicyclic amines) is 1. The third-order valence-electron chi connectivity index (χ3n) is 8.43. The van der Waals surface area contributed by atoms with E-state index in [0.29, 0.717) is 12.6 Å². The molecular formula is C23H34N2O4. The Morgan fingerprint density at radius 1 is 1.03 bits per heavy atom. The standard InChI is InChI=1S/C23H34N2O4/c26-20(24-14-23-9-15-5-16(10-23)7-17(6-15)11-23)13-29-22(28)18-8-21(27)25(12-18)19-3-1-2-4-19/h15-19H,1-14H2,(H,24,26)/t15?,16?,17?,18-,23?/m1/s1. The zero-order chi connectivity index (χ0) is 20.0. The van der Waals surface area contributed by atoms with Crippen LogP contribution in [0.25, 0.3) is 0 Å². The van der Waals surface area contributed by atoms with Crippen molar-refractivity contribution in [1.82, 2.24) is 10.2 Å². The van der Waals surface area contributed by atoms with Crippen LogP contribution in [-0.2, 0) is 19.1 Å². The predicted octanol–water partition coefficient (Wildman–Crippen LogP) is 2.65. The molecule has 6 aliphatic rings. The van der Waals surface area contributed by atoms with Crippen molar-refractivity contribution in [3.05, 3.63) is 0 Å². The number of rotatable bonds is 6. The first-order valence-electron chi connectivity index (χ1n) is 11.7. The Hall–Kier alpha value is -1.59. The van der Waals surface area contributed by atoms with Gasteiger partial charge in [-0.15, -0.1) is 0 Å². The third-order valence-corrected chi connectivity index (χ3v) is 8.43. The van der Waals surface area contributed by atoms with E-state index < -0.39 is 11.9 Å². The number of nitrogens with zero attached hydrogens (tertiary/aromatic N) is 1. The first kappa shape index (κ1) is 19.4. The Kier molecular flexibility index (Phi) is 5.07. The van der Waals surface area contributed by atoms with Gasteiger partial charge in [-0.25, -0.2) is 0 Å². The molecule has 160 valence electrons. The van der Waals surface area contributed by atoms with Crippen molar-refractivity contribution in [1.29, 1.82) is 0 Å². The summed E-state index contributed by atoms with van der Waals surface area (Å²) in [6.45, 7) is 0.959. The molecule has 0 unspecified atom stereocenters. The zero-order valence-electron chi connectivity index (χ0n) is 17.4. The van der Waals surface area contributed by atoms with E-state index in [-0.39, 0.29) is 30.3 Å². The van der Waals surface area contributed by atoms with E-state index in [0.717, 1.165) is 50.0 Å². The van der Waals surface area contributed by atoms with Crippen LogP contribution in [0.1, 0.15) is 70.6 Å². The Labute approximate surface area is 173 Å². The van der Waals surface area contributed by atoms with Gasteiger partial charge in [-0.1, -0.05) is 12.8 Å². The summed E-state index contributed by atoms with van der Waals surface area (Å²) >= 11 is 0. The number of carbonyl (C=O) groups excluding carboxylic acids is 3. The van der Waals surface area contributed by atoms with Gasteiger partial charge in [0, 0.05) is 25.6 Å². The van der Waals surface area contributed by atoms with E-state index in [9.17, 15) is 14.4 Å². The summed E-state index contributed by atoms with van der Waals surface area (Å²) < 4.78 is 5.29. The largest absolute Gasteiger partial charge is 0.455 e. The summed E-state index contributed by atoms with van der Waals surface area (Å²) in [6, 6.07) is 0.295. The molecule has 1 aliphatic heterocycles. The number of hydrogen-bond donors (Lipinski definition) is 1. The van der Waals surface area contributed by atoms with Crippen LogP contribution in [0.15, 0.2) is 0 Å². The summed E-state index contributed by atoms with van der Waals surface area (Å²) in [5.41, 5.74) is 0.286. The summed E-state index contributed by atoms with van der Waals surface area (Å²) in [5.74, 6) is 1.62. The van der Waals surface area contributed by atoms with Gasteiger partial charge in [0.1, 0.15) is 0 Å². The Bertz CT molecular complexity index is 649. The molecular weight excluding hydrogens is 368 g/mol. The summed E-state index contributed by atoms with van der Waals surface area (Å²) in [4.78, 5) is 38.9. The molecule has 1 N–H and O–H groups in total. The number of ether oxygens (including phenoxy) is 1. The molecule has 1 atom stereocenters. The quantitative estimate of drug-likeness (QED) is 0.693. The lowest BCUT2D eigenvalue weighted by molar-refractivity contribution is -0.152. The van der Waals surface area contributed by atoms with Crippen LogP contribution in [-0.4, -0.2) is 48.4 Å². The maximum atomic E-state index is 12.4. The van der Waals surface area contributed by atoms with Crippen LogP contribution < -0.4 is 5.32 Å². The van der Waals surface area contributed by atoms with Gasteiger partial charge in [-0.2, -0.15) is 0 Å². The fourth-order valence-corrected chi connectivity index (χ4v) is 7.56. The molecule has 0 spiro atoms. The Morgan fingerprint density at radius 2 is 1.66 bits per heavy atom. The number of hydrogen-bond acceptors (Lipinski definition) is 4. The second kappa shape index (κ2) is 7.59. The second-order valence-corrected chi connectivity index (χ2v) is 10.7. The van der Waals surface area contributed by atoms with E-state index in [4.69, 9.17) is 4.74 Å². The molecule has 6 rings (SSSR count). The minimum Gasteiger partial charge on any atom is -0.455 e. The van der Waals surface area contributed by atoms with Crippen molar-refractivity contribution >= 4 is 17.8 Å². The van der Waals surface area contributed by atoms with Crippen molar-refractivity contribution in [2.45, 2.75) is 76.7 Å². The molecule has 6 nitrogen and oxygen atoms in total. The molecule has 29 heavy (non-hydrogen) atoms. The number of carbonyl (C=O) groups is 3. The lowest BCUT2D eigenvalue weighted by Gasteiger charge is -2.56. The minimum absolute atomic E-state index is 0.0603. The predicted molar refractivity (Wildman–Crippen MR) is 107 cm³/mol. The van der Waals surface area contributed by atoms with E-state index in [1.165, 1.54) is 38.5 Å². The molecule has 0 radical (unpaired) electrons. The smallest absolute Gasteiger partial charge is 0.311 e. The maximum Gasteiger partial charge on any atom is 0.311 e. The molecule has 6 fully saturated rings. The van der Waals surface area contributed by atoms with Crippen molar-refractivity contribution in [3.63, 3.8) is 0 Å². The van der Waals surface area contributed by atoms with Crippen molar-refractivity contribution in [2.24, 2.45) is 29.1 Å². The highest BCUT2D eigenvalue weighted by molar-refractivity contribution is 5.88. The SMILES string of the molecule is O=C(COC(=O)[C@@H]1CC(=O)N(C2CCCC2)C1)NCC12CC3CC(CC(C3)C1)C2. The van der Waals surface area contributed by atoms with Crippen molar-refractivity contribution in [2.75, 3.05) is 19.7 Å². The number of esters is 1. The Morgan fingerprint density at radius 3 is 2.28 bits per heavy atom. The second-order valence-electron chi connectivity index (χ2n) is 10.7. The van der Waals surface area contributed by atoms with Gasteiger partial charge in [0.25, 0.3) is 5.91 Å². The highest BCUT2D eigenvalue weighted by Crippen LogP contribution is 2.59. The topological polar surface area (TPSA) is 75.7 Å². The van der Waals surface area contributed by atoms with Crippen LogP contribution >= 0.6 is 0 Å². The van der Waals surface area contributed by atoms with Crippen molar-refractivity contribution in [3.8, 4) is 0 Å². The molecule has 6 heteroatoms. The molecule has 0 aromatic rings. The van der Waals surface area contributed by atoms with Gasteiger partial charge in [0.2, 0.25) is 5.91 Å². The molecule has 5 aliphatic carbocycles. The molecule has 1 saturated heterocycles. The van der Waals surface area contributed by atoms with Gasteiger partial charge >= 0.3 is 5.97 Å². The van der Waals surface area contributed by atoms with E-state index >= 15 is 0 Å². The fourth-order valence-electron chi connectivity index (χ4n) is 7.56. The number of nitrogens with one attached hydrogen (secondary N) is 1. The lowest BCUT2D eigenvalue weighted by atomic mass is 9.49. The van der Waals surface area contributed by atoms with Crippen LogP contribution in [0, 0.1) is 29.1 Å². The Balaban J connectivity index is 1.06. The van der Waals surface area contributed by atoms with E-state index in [1.807, 2.05) is 4.90 Å². The number of amides is 2. The van der Waals surface area contributed by atoms with Gasteiger partial charge < -0.3 is 15.0 Å². The summed E-state index contributed by atoms with van der Waals surface area (Å²) in [5, 5.41) is 3.05. The summed E-state index contributed by atoms with van der Waals surface area (Å²) in [7, 11) is 0. The highest BCUT2D eigenvalue weighted by atomic mass is 16.5. The van der Waals surface area contributed by atoms with Gasteiger partial charge in [-0.3, -0.25) is 14.4 Å². The molecule has 4 bridgehead atoms. The lowest BCUT2D eigenvalue weighted by Crippen LogP contribution is -2.51. The average Bonchev–Trinajstić information content (AvgIpc) is 3.33. The monoisotopic (exact) mass is 402 g/mol. The maximum absolute atomic E-state index is 12.4. The molecule has 1 heterocycles. The van der Waals surface area contributed by atoms with E-state index in [1.54, 1.807) is 0 Å². The third kappa shape index (κ3) is 3.91. The normalized spacial score (nSPS) is 38.6. The van der Waals surface area contributed by atoms with Crippen LogP contribution in [0.4, 0.5) is 0 Å². The first-order valence-corrected chi connectivity index (χ1v) is 11.7. The van der Waals surface area contributed by atoms with Crippen LogP contribution in [0.3, 0.4) is 0 Å². The average molecular weight is 403 g/mol. The molecule has 0 aromatic carbocycles. The molecule has 5 saturated carbocycles. The van der Waals surface area contributed by atoms with E-state index in [2.05, 4.69) is 5.32 Å². The first-order chi connectivity index (χ1) is 14.0. The van der Waals surface area contributed by atoms with Crippen LogP contribution in [0.5, 0.6) is 0 Å². The molecule has 0 aromatic heterocycles. The highest BCUT2D eigenvalue weighted by Gasteiger charge is 2.50. The fraction of sp³-hybridized carbons (Fsp3) is 0.870.